The average molecular weight is 418 g/mol. The van der Waals surface area contributed by atoms with Crippen LogP contribution in [-0.4, -0.2) is 36.9 Å². The molecule has 0 aromatic heterocycles. The number of carbonyl (C=O) groups is 1. The standard InChI is InChI=1S/C23H31NO4S/c1-23(2,13-7-9-15-24-14-8-3-4-12-22(24)25)21-17-19(29(26,27)28)16-18-10-5-6-11-20(18)21/h5-6,10-11,16-17H,3-4,7-9,12-15H2,1-2H3,(H,26,27,28). The van der Waals surface area contributed by atoms with E-state index < -0.39 is 10.1 Å². The van der Waals surface area contributed by atoms with Gasteiger partial charge in [-0.2, -0.15) is 8.42 Å². The van der Waals surface area contributed by atoms with E-state index in [9.17, 15) is 17.8 Å². The summed E-state index contributed by atoms with van der Waals surface area (Å²) < 4.78 is 33.1. The summed E-state index contributed by atoms with van der Waals surface area (Å²) in [7, 11) is -4.27. The molecule has 1 heterocycles. The van der Waals surface area contributed by atoms with Crippen LogP contribution in [0.3, 0.4) is 0 Å². The highest BCUT2D eigenvalue weighted by molar-refractivity contribution is 7.85. The van der Waals surface area contributed by atoms with E-state index in [0.29, 0.717) is 6.42 Å². The maximum absolute atomic E-state index is 12.2. The van der Waals surface area contributed by atoms with Crippen molar-refractivity contribution in [2.45, 2.75) is 69.1 Å². The number of hydrogen-bond acceptors (Lipinski definition) is 3. The molecule has 0 saturated carbocycles. The summed E-state index contributed by atoms with van der Waals surface area (Å²) in [6, 6.07) is 10.8. The average Bonchev–Trinajstić information content (AvgIpc) is 2.87. The summed E-state index contributed by atoms with van der Waals surface area (Å²) in [5, 5.41) is 1.81. The number of unbranched alkanes of at least 4 members (excludes halogenated alkanes) is 1. The Morgan fingerprint density at radius 1 is 1.07 bits per heavy atom. The van der Waals surface area contributed by atoms with Crippen LogP contribution in [0.25, 0.3) is 10.8 Å². The fraction of sp³-hybridized carbons (Fsp3) is 0.522. The number of rotatable bonds is 7. The lowest BCUT2D eigenvalue weighted by atomic mass is 9.78. The van der Waals surface area contributed by atoms with E-state index in [2.05, 4.69) is 13.8 Å². The van der Waals surface area contributed by atoms with Crippen LogP contribution < -0.4 is 0 Å². The van der Waals surface area contributed by atoms with Gasteiger partial charge in [0, 0.05) is 19.5 Å². The number of likely N-dealkylation sites (tertiary alicyclic amines) is 1. The molecule has 2 aromatic carbocycles. The second kappa shape index (κ2) is 8.84. The second-order valence-corrected chi connectivity index (χ2v) is 10.1. The van der Waals surface area contributed by atoms with Gasteiger partial charge in [-0.05, 0) is 59.6 Å². The number of hydrogen-bond donors (Lipinski definition) is 1. The van der Waals surface area contributed by atoms with Gasteiger partial charge < -0.3 is 4.90 Å². The Labute approximate surface area is 173 Å². The van der Waals surface area contributed by atoms with E-state index in [1.165, 1.54) is 6.07 Å². The number of nitrogens with zero attached hydrogens (tertiary/aromatic N) is 1. The molecule has 1 N–H and O–H groups in total. The van der Waals surface area contributed by atoms with Crippen LogP contribution in [0.1, 0.15) is 64.4 Å². The Kier molecular flexibility index (Phi) is 6.64. The van der Waals surface area contributed by atoms with Crippen molar-refractivity contribution < 1.29 is 17.8 Å². The summed E-state index contributed by atoms with van der Waals surface area (Å²) in [6.45, 7) is 5.88. The molecule has 3 rings (SSSR count). The van der Waals surface area contributed by atoms with Gasteiger partial charge in [0.05, 0.1) is 4.90 Å². The first-order valence-corrected chi connectivity index (χ1v) is 11.9. The van der Waals surface area contributed by atoms with Gasteiger partial charge in [-0.1, -0.05) is 51.0 Å². The lowest BCUT2D eigenvalue weighted by molar-refractivity contribution is -0.130. The monoisotopic (exact) mass is 417 g/mol. The summed E-state index contributed by atoms with van der Waals surface area (Å²) in [5.41, 5.74) is 0.664. The lowest BCUT2D eigenvalue weighted by Crippen LogP contribution is -2.31. The maximum atomic E-state index is 12.2. The molecule has 0 radical (unpaired) electrons. The van der Waals surface area contributed by atoms with Crippen molar-refractivity contribution in [2.75, 3.05) is 13.1 Å². The smallest absolute Gasteiger partial charge is 0.294 e. The molecule has 6 heteroatoms. The minimum absolute atomic E-state index is 0.0607. The highest BCUT2D eigenvalue weighted by Gasteiger charge is 2.25. The first kappa shape index (κ1) is 21.8. The molecule has 0 bridgehead atoms. The van der Waals surface area contributed by atoms with Gasteiger partial charge in [0.25, 0.3) is 10.1 Å². The van der Waals surface area contributed by atoms with Crippen molar-refractivity contribution in [3.05, 3.63) is 42.0 Å². The van der Waals surface area contributed by atoms with Gasteiger partial charge in [0.1, 0.15) is 0 Å². The molecule has 0 atom stereocenters. The van der Waals surface area contributed by atoms with Crippen molar-refractivity contribution in [3.63, 3.8) is 0 Å². The molecule has 0 unspecified atom stereocenters. The van der Waals surface area contributed by atoms with Crippen LogP contribution in [0.4, 0.5) is 0 Å². The van der Waals surface area contributed by atoms with Crippen LogP contribution in [0.15, 0.2) is 41.3 Å². The van der Waals surface area contributed by atoms with Gasteiger partial charge in [-0.15, -0.1) is 0 Å². The summed E-state index contributed by atoms with van der Waals surface area (Å²) in [5.74, 6) is 0.272. The van der Waals surface area contributed by atoms with Crippen LogP contribution in [0.2, 0.25) is 0 Å². The molecule has 158 valence electrons. The van der Waals surface area contributed by atoms with E-state index in [0.717, 1.165) is 68.0 Å². The van der Waals surface area contributed by atoms with Crippen LogP contribution in [-0.2, 0) is 20.3 Å². The second-order valence-electron chi connectivity index (χ2n) is 8.70. The van der Waals surface area contributed by atoms with E-state index in [-0.39, 0.29) is 16.2 Å². The van der Waals surface area contributed by atoms with Crippen LogP contribution in [0.5, 0.6) is 0 Å². The molecule has 1 aliphatic rings. The fourth-order valence-electron chi connectivity index (χ4n) is 4.27. The van der Waals surface area contributed by atoms with Crippen molar-refractivity contribution >= 4 is 26.8 Å². The van der Waals surface area contributed by atoms with Gasteiger partial charge in [0.2, 0.25) is 5.91 Å². The topological polar surface area (TPSA) is 74.7 Å². The molecule has 0 spiro atoms. The first-order chi connectivity index (χ1) is 13.7. The third kappa shape index (κ3) is 5.37. The molecule has 1 fully saturated rings. The maximum Gasteiger partial charge on any atom is 0.294 e. The minimum atomic E-state index is -4.27. The van der Waals surface area contributed by atoms with Gasteiger partial charge in [-0.3, -0.25) is 9.35 Å². The van der Waals surface area contributed by atoms with E-state index in [1.54, 1.807) is 6.07 Å². The summed E-state index contributed by atoms with van der Waals surface area (Å²) in [4.78, 5) is 14.1. The predicted molar refractivity (Wildman–Crippen MR) is 116 cm³/mol. The zero-order valence-corrected chi connectivity index (χ0v) is 18.2. The van der Waals surface area contributed by atoms with Crippen LogP contribution in [0, 0.1) is 0 Å². The quantitative estimate of drug-likeness (QED) is 0.512. The van der Waals surface area contributed by atoms with Crippen molar-refractivity contribution in [2.24, 2.45) is 0 Å². The number of carbonyl (C=O) groups excluding carboxylic acids is 1. The van der Waals surface area contributed by atoms with Gasteiger partial charge in [-0.25, -0.2) is 0 Å². The first-order valence-electron chi connectivity index (χ1n) is 10.5. The summed E-state index contributed by atoms with van der Waals surface area (Å²) in [6.07, 6.45) is 6.64. The lowest BCUT2D eigenvalue weighted by Gasteiger charge is -2.28. The molecule has 29 heavy (non-hydrogen) atoms. The third-order valence-corrected chi connectivity index (χ3v) is 6.84. The molecule has 1 aliphatic heterocycles. The zero-order chi connectivity index (χ0) is 21.1. The van der Waals surface area contributed by atoms with E-state index >= 15 is 0 Å². The Morgan fingerprint density at radius 2 is 1.83 bits per heavy atom. The van der Waals surface area contributed by atoms with Gasteiger partial charge in [0.15, 0.2) is 0 Å². The zero-order valence-electron chi connectivity index (χ0n) is 17.4. The predicted octanol–water partition coefficient (Wildman–Crippen LogP) is 4.94. The summed E-state index contributed by atoms with van der Waals surface area (Å²) >= 11 is 0. The third-order valence-electron chi connectivity index (χ3n) is 6.01. The highest BCUT2D eigenvalue weighted by Crippen LogP contribution is 2.36. The molecule has 1 saturated heterocycles. The Bertz CT molecular complexity index is 982. The van der Waals surface area contributed by atoms with Crippen molar-refractivity contribution in [3.8, 4) is 0 Å². The molecular weight excluding hydrogens is 386 g/mol. The van der Waals surface area contributed by atoms with Crippen LogP contribution >= 0.6 is 0 Å². The number of benzene rings is 2. The SMILES string of the molecule is CC(C)(CCCCN1CCCCCC1=O)c1cc(S(=O)(=O)O)cc2ccccc12. The number of amides is 1. The molecule has 2 aromatic rings. The van der Waals surface area contributed by atoms with E-state index in [4.69, 9.17) is 0 Å². The molecular formula is C23H31NO4S. The largest absolute Gasteiger partial charge is 0.343 e. The Hall–Kier alpha value is -1.92. The Balaban J connectivity index is 1.75. The van der Waals surface area contributed by atoms with E-state index in [1.807, 2.05) is 29.2 Å². The highest BCUT2D eigenvalue weighted by atomic mass is 32.2. The molecule has 5 nitrogen and oxygen atoms in total. The Morgan fingerprint density at radius 3 is 2.59 bits per heavy atom. The molecule has 1 amide bonds. The normalized spacial score (nSPS) is 16.2. The van der Waals surface area contributed by atoms with Gasteiger partial charge >= 0.3 is 0 Å². The molecule has 0 aliphatic carbocycles. The minimum Gasteiger partial charge on any atom is -0.343 e. The van der Waals surface area contributed by atoms with Crippen molar-refractivity contribution in [1.82, 2.24) is 4.90 Å². The fourth-order valence-corrected chi connectivity index (χ4v) is 4.81. The number of fused-ring (bicyclic) bond motifs is 1. The van der Waals surface area contributed by atoms with Crippen molar-refractivity contribution in [1.29, 1.82) is 0 Å².